The fourth-order valence-corrected chi connectivity index (χ4v) is 4.76. The van der Waals surface area contributed by atoms with Gasteiger partial charge in [0.25, 0.3) is 0 Å². The molecule has 3 rings (SSSR count). The van der Waals surface area contributed by atoms with Crippen LogP contribution in [0.4, 0.5) is 0 Å². The minimum atomic E-state index is 0.467. The van der Waals surface area contributed by atoms with Crippen LogP contribution < -0.4 is 5.32 Å². The summed E-state index contributed by atoms with van der Waals surface area (Å²) in [6.07, 6.45) is 10.4. The van der Waals surface area contributed by atoms with Crippen LogP contribution in [-0.2, 0) is 0 Å². The highest BCUT2D eigenvalue weighted by molar-refractivity contribution is 7.11. The molecule has 4 heteroatoms. The smallest absolute Gasteiger partial charge is 0.110 e. The molecular weight excluding hydrogens is 278 g/mol. The first kappa shape index (κ1) is 15.4. The number of hydrogen-bond acceptors (Lipinski definition) is 4. The molecule has 1 aliphatic carbocycles. The normalized spacial score (nSPS) is 27.4. The Morgan fingerprint density at radius 2 is 2.10 bits per heavy atom. The van der Waals surface area contributed by atoms with E-state index in [1.165, 1.54) is 68.0 Å². The van der Waals surface area contributed by atoms with Crippen LogP contribution in [0.15, 0.2) is 6.20 Å². The molecule has 1 aromatic rings. The molecule has 118 valence electrons. The molecule has 1 saturated carbocycles. The summed E-state index contributed by atoms with van der Waals surface area (Å²) >= 11 is 1.86. The lowest BCUT2D eigenvalue weighted by molar-refractivity contribution is 0.170. The van der Waals surface area contributed by atoms with Gasteiger partial charge in [0.2, 0.25) is 0 Å². The number of aromatic nitrogens is 1. The van der Waals surface area contributed by atoms with E-state index in [-0.39, 0.29) is 0 Å². The molecule has 0 bridgehead atoms. The van der Waals surface area contributed by atoms with Crippen molar-refractivity contribution < 1.29 is 0 Å². The molecule has 2 fully saturated rings. The third-order valence-electron chi connectivity index (χ3n) is 5.22. The summed E-state index contributed by atoms with van der Waals surface area (Å²) in [5, 5.41) is 5.12. The van der Waals surface area contributed by atoms with Crippen LogP contribution >= 0.6 is 11.3 Å². The van der Waals surface area contributed by atoms with Crippen molar-refractivity contribution in [3.63, 3.8) is 0 Å². The van der Waals surface area contributed by atoms with Crippen LogP contribution in [0.5, 0.6) is 0 Å². The summed E-state index contributed by atoms with van der Waals surface area (Å²) < 4.78 is 0. The van der Waals surface area contributed by atoms with Gasteiger partial charge in [0, 0.05) is 30.2 Å². The van der Waals surface area contributed by atoms with Gasteiger partial charge in [-0.2, -0.15) is 0 Å². The quantitative estimate of drug-likeness (QED) is 0.921. The van der Waals surface area contributed by atoms with Gasteiger partial charge in [-0.25, -0.2) is 4.98 Å². The van der Waals surface area contributed by atoms with E-state index in [0.717, 1.165) is 5.92 Å². The van der Waals surface area contributed by atoms with Crippen LogP contribution in [0.1, 0.15) is 61.4 Å². The first-order valence-electron chi connectivity index (χ1n) is 8.64. The number of rotatable bonds is 3. The molecule has 1 aromatic heterocycles. The molecule has 3 nitrogen and oxygen atoms in total. The highest BCUT2D eigenvalue weighted by atomic mass is 32.1. The van der Waals surface area contributed by atoms with Crippen molar-refractivity contribution in [3.8, 4) is 0 Å². The van der Waals surface area contributed by atoms with Crippen LogP contribution in [0.2, 0.25) is 0 Å². The predicted molar refractivity (Wildman–Crippen MR) is 89.8 cm³/mol. The van der Waals surface area contributed by atoms with Crippen molar-refractivity contribution in [2.75, 3.05) is 19.6 Å². The van der Waals surface area contributed by atoms with E-state index in [1.54, 1.807) is 0 Å². The van der Waals surface area contributed by atoms with E-state index in [4.69, 9.17) is 0 Å². The van der Waals surface area contributed by atoms with E-state index in [2.05, 4.69) is 29.0 Å². The zero-order valence-electron chi connectivity index (χ0n) is 13.5. The fraction of sp³-hybridized carbons (Fsp3) is 0.824. The minimum Gasteiger partial charge on any atom is -0.312 e. The average Bonchev–Trinajstić information content (AvgIpc) is 2.81. The number of hydrogen-bond donors (Lipinski definition) is 1. The molecule has 0 amide bonds. The van der Waals surface area contributed by atoms with Crippen molar-refractivity contribution in [1.29, 1.82) is 0 Å². The van der Waals surface area contributed by atoms with E-state index < -0.39 is 0 Å². The lowest BCUT2D eigenvalue weighted by Gasteiger charge is -2.34. The van der Waals surface area contributed by atoms with Crippen molar-refractivity contribution in [2.24, 2.45) is 5.92 Å². The summed E-state index contributed by atoms with van der Waals surface area (Å²) in [6.45, 7) is 8.08. The second kappa shape index (κ2) is 7.21. The highest BCUT2D eigenvalue weighted by Crippen LogP contribution is 2.30. The maximum atomic E-state index is 4.62. The molecule has 0 radical (unpaired) electrons. The monoisotopic (exact) mass is 307 g/mol. The summed E-state index contributed by atoms with van der Waals surface area (Å²) in [4.78, 5) is 8.61. The second-order valence-corrected chi connectivity index (χ2v) is 8.06. The number of aryl methyl sites for hydroxylation is 1. The van der Waals surface area contributed by atoms with Crippen LogP contribution in [-0.4, -0.2) is 35.6 Å². The first-order chi connectivity index (χ1) is 10.2. The average molecular weight is 308 g/mol. The second-order valence-electron chi connectivity index (χ2n) is 6.79. The molecule has 21 heavy (non-hydrogen) atoms. The summed E-state index contributed by atoms with van der Waals surface area (Å²) in [5.74, 6) is 0.893. The molecule has 2 unspecified atom stereocenters. The van der Waals surface area contributed by atoms with Crippen LogP contribution in [0.25, 0.3) is 0 Å². The zero-order chi connectivity index (χ0) is 14.7. The fourth-order valence-electron chi connectivity index (χ4n) is 3.90. The molecule has 1 aliphatic heterocycles. The van der Waals surface area contributed by atoms with Crippen molar-refractivity contribution in [3.05, 3.63) is 16.1 Å². The Bertz CT molecular complexity index is 439. The number of thiazole rings is 1. The predicted octanol–water partition coefficient (Wildman–Crippen LogP) is 3.76. The minimum absolute atomic E-state index is 0.467. The summed E-state index contributed by atoms with van der Waals surface area (Å²) in [6, 6.07) is 1.16. The van der Waals surface area contributed by atoms with Crippen LogP contribution in [0, 0.1) is 12.8 Å². The van der Waals surface area contributed by atoms with Gasteiger partial charge < -0.3 is 5.32 Å². The molecule has 2 heterocycles. The first-order valence-corrected chi connectivity index (χ1v) is 9.45. The molecule has 2 aliphatic rings. The summed E-state index contributed by atoms with van der Waals surface area (Å²) in [5.41, 5.74) is 0. The Kier molecular flexibility index (Phi) is 5.30. The molecule has 0 aromatic carbocycles. The van der Waals surface area contributed by atoms with Gasteiger partial charge in [0.05, 0.1) is 6.04 Å². The lowest BCUT2D eigenvalue weighted by atomic mass is 9.83. The SMILES string of the molecule is Cc1cnc(C(C)N2CCCNC(C3CCCCC3)C2)s1. The largest absolute Gasteiger partial charge is 0.312 e. The maximum Gasteiger partial charge on any atom is 0.110 e. The third kappa shape index (κ3) is 3.85. The van der Waals surface area contributed by atoms with E-state index in [9.17, 15) is 0 Å². The van der Waals surface area contributed by atoms with Gasteiger partial charge in [-0.3, -0.25) is 4.90 Å². The zero-order valence-corrected chi connectivity index (χ0v) is 14.3. The molecule has 1 N–H and O–H groups in total. The third-order valence-corrected chi connectivity index (χ3v) is 6.31. The van der Waals surface area contributed by atoms with E-state index >= 15 is 0 Å². The standard InChI is InChI=1S/C17H29N3S/c1-13-11-19-17(21-13)14(2)20-10-6-9-18-16(12-20)15-7-4-3-5-8-15/h11,14-16,18H,3-10,12H2,1-2H3. The molecule has 1 saturated heterocycles. The van der Waals surface area contributed by atoms with Crippen molar-refractivity contribution in [2.45, 2.75) is 64.5 Å². The Morgan fingerprint density at radius 3 is 2.81 bits per heavy atom. The number of nitrogens with one attached hydrogen (secondary N) is 1. The van der Waals surface area contributed by atoms with Gasteiger partial charge in [-0.15, -0.1) is 11.3 Å². The highest BCUT2D eigenvalue weighted by Gasteiger charge is 2.29. The molecule has 2 atom stereocenters. The van der Waals surface area contributed by atoms with Gasteiger partial charge in [-0.05, 0) is 45.6 Å². The van der Waals surface area contributed by atoms with Crippen molar-refractivity contribution in [1.82, 2.24) is 15.2 Å². The van der Waals surface area contributed by atoms with Crippen molar-refractivity contribution >= 4 is 11.3 Å². The van der Waals surface area contributed by atoms with Crippen LogP contribution in [0.3, 0.4) is 0 Å². The molecular formula is C17H29N3S. The molecule has 0 spiro atoms. The van der Waals surface area contributed by atoms with Gasteiger partial charge in [0.15, 0.2) is 0 Å². The Hall–Kier alpha value is -0.450. The van der Waals surface area contributed by atoms with Gasteiger partial charge in [-0.1, -0.05) is 19.3 Å². The Morgan fingerprint density at radius 1 is 1.29 bits per heavy atom. The van der Waals surface area contributed by atoms with E-state index in [0.29, 0.717) is 12.1 Å². The van der Waals surface area contributed by atoms with E-state index in [1.807, 2.05) is 17.5 Å². The summed E-state index contributed by atoms with van der Waals surface area (Å²) in [7, 11) is 0. The Labute approximate surface area is 133 Å². The number of nitrogens with zero attached hydrogens (tertiary/aromatic N) is 2. The topological polar surface area (TPSA) is 28.2 Å². The maximum absolute atomic E-state index is 4.62. The lowest BCUT2D eigenvalue weighted by Crippen LogP contribution is -2.44. The van der Waals surface area contributed by atoms with Gasteiger partial charge >= 0.3 is 0 Å². The van der Waals surface area contributed by atoms with Gasteiger partial charge in [0.1, 0.15) is 5.01 Å². The Balaban J connectivity index is 1.66.